The Morgan fingerprint density at radius 1 is 1.14 bits per heavy atom. The van der Waals surface area contributed by atoms with Crippen molar-refractivity contribution in [3.8, 4) is 17.6 Å². The van der Waals surface area contributed by atoms with Gasteiger partial charge in [0, 0.05) is 36.2 Å². The monoisotopic (exact) mass is 609 g/mol. The minimum atomic E-state index is -4.50. The van der Waals surface area contributed by atoms with Crippen LogP contribution < -0.4 is 15.4 Å². The number of sulfone groups is 1. The number of hydrogen-bond acceptors (Lipinski definition) is 7. The van der Waals surface area contributed by atoms with Gasteiger partial charge >= 0.3 is 6.18 Å². The predicted molar refractivity (Wildman–Crippen MR) is 150 cm³/mol. The van der Waals surface area contributed by atoms with E-state index in [0.29, 0.717) is 48.3 Å². The van der Waals surface area contributed by atoms with Gasteiger partial charge in [0.1, 0.15) is 18.5 Å². The first-order valence-electron chi connectivity index (χ1n) is 13.4. The van der Waals surface area contributed by atoms with Crippen LogP contribution >= 0.6 is 0 Å². The molecular formula is C29H31F4N3O5S. The highest BCUT2D eigenvalue weighted by molar-refractivity contribution is 7.90. The van der Waals surface area contributed by atoms with E-state index in [0.717, 1.165) is 10.8 Å². The molecule has 2 heterocycles. The molecule has 2 aliphatic rings. The van der Waals surface area contributed by atoms with Crippen molar-refractivity contribution in [2.45, 2.75) is 54.9 Å². The number of anilines is 2. The summed E-state index contributed by atoms with van der Waals surface area (Å²) >= 11 is 0. The van der Waals surface area contributed by atoms with E-state index in [1.807, 2.05) is 0 Å². The SMILES string of the molecule is COc1cc(S(C)(=O)=O)ccc1NCC#Cc1cc2c(N[C@@H]3CCC4(C[C@@H]3F)OCCO4)cccc2n1CC(F)(F)F. The molecule has 3 aromatic rings. The molecule has 42 heavy (non-hydrogen) atoms. The molecule has 8 nitrogen and oxygen atoms in total. The summed E-state index contributed by atoms with van der Waals surface area (Å²) in [7, 11) is -2.04. The normalized spacial score (nSPS) is 20.3. The van der Waals surface area contributed by atoms with Gasteiger partial charge in [-0.1, -0.05) is 12.0 Å². The van der Waals surface area contributed by atoms with E-state index in [9.17, 15) is 21.6 Å². The Balaban J connectivity index is 1.38. The number of fused-ring (bicyclic) bond motifs is 1. The number of alkyl halides is 4. The minimum absolute atomic E-state index is 0.0464. The van der Waals surface area contributed by atoms with E-state index < -0.39 is 40.6 Å². The predicted octanol–water partition coefficient (Wildman–Crippen LogP) is 5.12. The summed E-state index contributed by atoms with van der Waals surface area (Å²) in [6.45, 7) is -0.340. The second-order valence-electron chi connectivity index (χ2n) is 10.4. The Kier molecular flexibility index (Phi) is 8.33. The molecule has 5 rings (SSSR count). The highest BCUT2D eigenvalue weighted by Gasteiger charge is 2.45. The van der Waals surface area contributed by atoms with E-state index in [2.05, 4.69) is 22.5 Å². The molecule has 0 amide bonds. The molecule has 226 valence electrons. The van der Waals surface area contributed by atoms with Crippen molar-refractivity contribution in [2.24, 2.45) is 0 Å². The summed E-state index contributed by atoms with van der Waals surface area (Å²) in [6, 6.07) is 10.3. The Hall–Kier alpha value is -3.47. The van der Waals surface area contributed by atoms with Gasteiger partial charge in [0.25, 0.3) is 0 Å². The van der Waals surface area contributed by atoms with Crippen molar-refractivity contribution in [2.75, 3.05) is 43.8 Å². The molecular weight excluding hydrogens is 578 g/mol. The summed E-state index contributed by atoms with van der Waals surface area (Å²) in [5.74, 6) is 5.05. The smallest absolute Gasteiger partial charge is 0.406 e. The second kappa shape index (κ2) is 11.7. The van der Waals surface area contributed by atoms with Crippen LogP contribution in [0.1, 0.15) is 25.0 Å². The largest absolute Gasteiger partial charge is 0.495 e. The first kappa shape index (κ1) is 30.0. The van der Waals surface area contributed by atoms with Crippen LogP contribution in [0, 0.1) is 11.8 Å². The highest BCUT2D eigenvalue weighted by atomic mass is 32.2. The summed E-state index contributed by atoms with van der Waals surface area (Å²) in [5.41, 5.74) is 1.45. The number of nitrogens with one attached hydrogen (secondary N) is 2. The van der Waals surface area contributed by atoms with Gasteiger partial charge in [-0.15, -0.1) is 0 Å². The number of nitrogens with zero attached hydrogens (tertiary/aromatic N) is 1. The van der Waals surface area contributed by atoms with E-state index >= 15 is 4.39 Å². The molecule has 1 spiro atoms. The Bertz CT molecular complexity index is 1620. The molecule has 0 bridgehead atoms. The zero-order valence-corrected chi connectivity index (χ0v) is 23.9. The van der Waals surface area contributed by atoms with Crippen molar-refractivity contribution in [3.05, 3.63) is 48.2 Å². The van der Waals surface area contributed by atoms with Gasteiger partial charge in [0.05, 0.1) is 54.7 Å². The third-order valence-electron chi connectivity index (χ3n) is 7.40. The fraction of sp³-hybridized carbons (Fsp3) is 0.448. The topological polar surface area (TPSA) is 90.8 Å². The number of halogens is 4. The van der Waals surface area contributed by atoms with Crippen molar-refractivity contribution in [1.29, 1.82) is 0 Å². The molecule has 0 radical (unpaired) electrons. The van der Waals surface area contributed by atoms with E-state index in [1.54, 1.807) is 24.3 Å². The number of ether oxygens (including phenoxy) is 3. The summed E-state index contributed by atoms with van der Waals surface area (Å²) in [5, 5.41) is 6.71. The van der Waals surface area contributed by atoms with Gasteiger partial charge in [-0.25, -0.2) is 12.8 Å². The maximum absolute atomic E-state index is 15.2. The third kappa shape index (κ3) is 6.61. The Morgan fingerprint density at radius 2 is 1.90 bits per heavy atom. The molecule has 13 heteroatoms. The summed E-state index contributed by atoms with van der Waals surface area (Å²) in [4.78, 5) is 0.0871. The lowest BCUT2D eigenvalue weighted by Crippen LogP contribution is -2.46. The maximum Gasteiger partial charge on any atom is 0.406 e. The number of benzene rings is 2. The number of aromatic nitrogens is 1. The van der Waals surface area contributed by atoms with Crippen LogP contribution in [0.15, 0.2) is 47.4 Å². The minimum Gasteiger partial charge on any atom is -0.495 e. The average molecular weight is 610 g/mol. The van der Waals surface area contributed by atoms with Crippen LogP contribution in [-0.4, -0.2) is 70.3 Å². The zero-order chi connectivity index (χ0) is 30.1. The van der Waals surface area contributed by atoms with E-state index in [1.165, 1.54) is 25.3 Å². The second-order valence-corrected chi connectivity index (χ2v) is 12.4. The van der Waals surface area contributed by atoms with Gasteiger partial charge in [0.15, 0.2) is 15.6 Å². The lowest BCUT2D eigenvalue weighted by atomic mass is 9.88. The molecule has 1 saturated carbocycles. The van der Waals surface area contributed by atoms with Gasteiger partial charge in [-0.3, -0.25) is 0 Å². The lowest BCUT2D eigenvalue weighted by Gasteiger charge is -2.38. The molecule has 1 aliphatic carbocycles. The van der Waals surface area contributed by atoms with Crippen molar-refractivity contribution < 1.29 is 40.2 Å². The molecule has 2 fully saturated rings. The van der Waals surface area contributed by atoms with Crippen LogP contribution in [0.2, 0.25) is 0 Å². The van der Waals surface area contributed by atoms with Crippen LogP contribution in [0.4, 0.5) is 28.9 Å². The molecule has 2 N–H and O–H groups in total. The molecule has 2 aromatic carbocycles. The average Bonchev–Trinajstić information content (AvgIpc) is 3.52. The van der Waals surface area contributed by atoms with Gasteiger partial charge in [-0.05, 0) is 42.7 Å². The van der Waals surface area contributed by atoms with Gasteiger partial charge in [0.2, 0.25) is 0 Å². The standard InChI is InChI=1S/C29H31F4N3O5S/c1-39-27-16-20(42(2,37)38)8-9-25(27)34-12-4-5-19-15-21-23(6-3-7-26(21)36(19)18-29(31,32)33)35-24-10-11-28(17-22(24)30)40-13-14-41-28/h3,6-9,15-16,22,24,34-35H,10-14,17-18H2,1-2H3/t22-,24+/m0/s1. The lowest BCUT2D eigenvalue weighted by molar-refractivity contribution is -0.189. The third-order valence-corrected chi connectivity index (χ3v) is 8.51. The number of rotatable bonds is 7. The van der Waals surface area contributed by atoms with Crippen molar-refractivity contribution >= 4 is 32.1 Å². The van der Waals surface area contributed by atoms with Crippen LogP contribution in [-0.2, 0) is 25.9 Å². The van der Waals surface area contributed by atoms with E-state index in [-0.39, 0.29) is 29.3 Å². The van der Waals surface area contributed by atoms with Crippen LogP contribution in [0.25, 0.3) is 10.9 Å². The summed E-state index contributed by atoms with van der Waals surface area (Å²) < 4.78 is 97.2. The van der Waals surface area contributed by atoms with Crippen LogP contribution in [0.3, 0.4) is 0 Å². The Morgan fingerprint density at radius 3 is 2.57 bits per heavy atom. The van der Waals surface area contributed by atoms with Crippen molar-refractivity contribution in [1.82, 2.24) is 4.57 Å². The first-order chi connectivity index (χ1) is 19.9. The maximum atomic E-state index is 15.2. The van der Waals surface area contributed by atoms with Crippen LogP contribution in [0.5, 0.6) is 5.75 Å². The van der Waals surface area contributed by atoms with Crippen molar-refractivity contribution in [3.63, 3.8) is 0 Å². The number of hydrogen-bond donors (Lipinski definition) is 2. The van der Waals surface area contributed by atoms with E-state index in [4.69, 9.17) is 14.2 Å². The molecule has 0 unspecified atom stereocenters. The first-order valence-corrected chi connectivity index (χ1v) is 15.2. The Labute approximate surface area is 241 Å². The fourth-order valence-corrected chi connectivity index (χ4v) is 6.04. The molecule has 2 atom stereocenters. The van der Waals surface area contributed by atoms with Gasteiger partial charge in [-0.2, -0.15) is 13.2 Å². The van der Waals surface area contributed by atoms with Gasteiger partial charge < -0.3 is 29.4 Å². The highest BCUT2D eigenvalue weighted by Crippen LogP contribution is 2.39. The molecule has 1 aromatic heterocycles. The quantitative estimate of drug-likeness (QED) is 0.284. The fourth-order valence-electron chi connectivity index (χ4n) is 5.41. The zero-order valence-electron chi connectivity index (χ0n) is 23.1. The number of methoxy groups -OCH3 is 1. The molecule has 1 aliphatic heterocycles. The molecule has 1 saturated heterocycles. The summed E-state index contributed by atoms with van der Waals surface area (Å²) in [6.07, 6.45) is -3.64.